The van der Waals surface area contributed by atoms with Gasteiger partial charge < -0.3 is 19.1 Å². The molecule has 0 unspecified atom stereocenters. The smallest absolute Gasteiger partial charge is 0.264 e. The predicted molar refractivity (Wildman–Crippen MR) is 126 cm³/mol. The number of likely N-dealkylation sites (tertiary alicyclic amines) is 2. The maximum Gasteiger partial charge on any atom is 0.264 e. The van der Waals surface area contributed by atoms with Crippen LogP contribution >= 0.6 is 0 Å². The first kappa shape index (κ1) is 22.2. The summed E-state index contributed by atoms with van der Waals surface area (Å²) in [5, 5.41) is 9.76. The van der Waals surface area contributed by atoms with Gasteiger partial charge >= 0.3 is 0 Å². The number of carbonyl (C=O) groups is 1. The molecule has 1 amide bonds. The predicted octanol–water partition coefficient (Wildman–Crippen LogP) is 4.10. The Morgan fingerprint density at radius 3 is 2.34 bits per heavy atom. The molecule has 0 aliphatic carbocycles. The van der Waals surface area contributed by atoms with Crippen LogP contribution in [0.4, 0.5) is 0 Å². The van der Waals surface area contributed by atoms with Crippen LogP contribution in [0.25, 0.3) is 11.8 Å². The van der Waals surface area contributed by atoms with Gasteiger partial charge in [0.25, 0.3) is 5.91 Å². The third-order valence-electron chi connectivity index (χ3n) is 6.86. The molecule has 2 saturated heterocycles. The average Bonchev–Trinajstić information content (AvgIpc) is 3.45. The summed E-state index contributed by atoms with van der Waals surface area (Å²) in [7, 11) is 1.65. The van der Waals surface area contributed by atoms with Gasteiger partial charge in [0.15, 0.2) is 0 Å². The summed E-state index contributed by atoms with van der Waals surface area (Å²) in [6.45, 7) is 7.88. The van der Waals surface area contributed by atoms with Gasteiger partial charge in [-0.1, -0.05) is 0 Å². The van der Waals surface area contributed by atoms with E-state index in [0.717, 1.165) is 54.3 Å². The fourth-order valence-electron chi connectivity index (χ4n) is 5.07. The molecule has 0 spiro atoms. The molecule has 0 radical (unpaired) electrons. The Balaban J connectivity index is 1.50. The number of amides is 1. The van der Waals surface area contributed by atoms with E-state index >= 15 is 0 Å². The van der Waals surface area contributed by atoms with Crippen molar-refractivity contribution in [2.45, 2.75) is 45.6 Å². The minimum absolute atomic E-state index is 0.151. The minimum Gasteiger partial charge on any atom is -0.497 e. The van der Waals surface area contributed by atoms with Gasteiger partial charge in [0, 0.05) is 36.2 Å². The lowest BCUT2D eigenvalue weighted by Crippen LogP contribution is -2.46. The quantitative estimate of drug-likeness (QED) is 0.527. The van der Waals surface area contributed by atoms with Crippen molar-refractivity contribution in [3.63, 3.8) is 0 Å². The lowest BCUT2D eigenvalue weighted by atomic mass is 10.0. The van der Waals surface area contributed by atoms with Crippen LogP contribution in [0, 0.1) is 25.2 Å². The second kappa shape index (κ2) is 9.62. The molecule has 6 nitrogen and oxygen atoms in total. The molecule has 0 bridgehead atoms. The molecule has 1 aromatic heterocycles. The van der Waals surface area contributed by atoms with Gasteiger partial charge in [-0.2, -0.15) is 5.26 Å². The van der Waals surface area contributed by atoms with Gasteiger partial charge in [0.2, 0.25) is 0 Å². The van der Waals surface area contributed by atoms with Crippen molar-refractivity contribution in [1.82, 2.24) is 14.4 Å². The molecule has 0 atom stereocenters. The normalized spacial score (nSPS) is 18.1. The molecule has 0 saturated carbocycles. The summed E-state index contributed by atoms with van der Waals surface area (Å²) in [6.07, 6.45) is 6.31. The minimum atomic E-state index is -0.151. The van der Waals surface area contributed by atoms with Crippen LogP contribution in [-0.2, 0) is 4.79 Å². The van der Waals surface area contributed by atoms with E-state index in [1.807, 2.05) is 49.1 Å². The summed E-state index contributed by atoms with van der Waals surface area (Å²) >= 11 is 0. The van der Waals surface area contributed by atoms with E-state index in [2.05, 4.69) is 15.5 Å². The number of ether oxygens (including phenoxy) is 1. The van der Waals surface area contributed by atoms with E-state index in [-0.39, 0.29) is 11.5 Å². The molecule has 2 aliphatic heterocycles. The number of nitrogens with zero attached hydrogens (tertiary/aromatic N) is 4. The van der Waals surface area contributed by atoms with Crippen molar-refractivity contribution in [2.75, 3.05) is 33.3 Å². The number of piperidine rings is 1. The van der Waals surface area contributed by atoms with E-state index in [1.165, 1.54) is 25.9 Å². The zero-order valence-corrected chi connectivity index (χ0v) is 19.3. The Kier molecular flexibility index (Phi) is 6.66. The molecule has 168 valence electrons. The van der Waals surface area contributed by atoms with Crippen LogP contribution in [-0.4, -0.2) is 59.6 Å². The molecule has 6 heteroatoms. The topological polar surface area (TPSA) is 61.5 Å². The Hall–Kier alpha value is -3.04. The number of benzene rings is 1. The number of nitriles is 1. The Bertz CT molecular complexity index is 1030. The third-order valence-corrected chi connectivity index (χ3v) is 6.86. The van der Waals surface area contributed by atoms with Crippen molar-refractivity contribution in [3.8, 4) is 17.5 Å². The molecule has 1 aromatic carbocycles. The molecule has 0 N–H and O–H groups in total. The second-order valence-electron chi connectivity index (χ2n) is 8.80. The van der Waals surface area contributed by atoms with Crippen molar-refractivity contribution in [2.24, 2.45) is 0 Å². The number of rotatable bonds is 5. The molecular formula is C26H32N4O2. The van der Waals surface area contributed by atoms with Crippen molar-refractivity contribution in [3.05, 3.63) is 52.9 Å². The summed E-state index contributed by atoms with van der Waals surface area (Å²) in [6, 6.07) is 12.6. The van der Waals surface area contributed by atoms with Crippen LogP contribution < -0.4 is 4.74 Å². The summed E-state index contributed by atoms with van der Waals surface area (Å²) in [5.41, 5.74) is 4.18. The van der Waals surface area contributed by atoms with Crippen molar-refractivity contribution >= 4 is 12.0 Å². The summed E-state index contributed by atoms with van der Waals surface area (Å²) in [4.78, 5) is 17.5. The number of aromatic nitrogens is 1. The van der Waals surface area contributed by atoms with Crippen LogP contribution in [0.2, 0.25) is 0 Å². The Morgan fingerprint density at radius 2 is 1.75 bits per heavy atom. The number of carbonyl (C=O) groups excluding carboxylic acids is 1. The molecular weight excluding hydrogens is 400 g/mol. The molecule has 32 heavy (non-hydrogen) atoms. The number of hydrogen-bond donors (Lipinski definition) is 0. The highest BCUT2D eigenvalue weighted by atomic mass is 16.5. The van der Waals surface area contributed by atoms with Crippen LogP contribution in [0.5, 0.6) is 5.75 Å². The summed E-state index contributed by atoms with van der Waals surface area (Å²) in [5.74, 6) is 0.656. The van der Waals surface area contributed by atoms with E-state index in [9.17, 15) is 10.1 Å². The van der Waals surface area contributed by atoms with Crippen molar-refractivity contribution < 1.29 is 9.53 Å². The van der Waals surface area contributed by atoms with E-state index < -0.39 is 0 Å². The Morgan fingerprint density at radius 1 is 1.09 bits per heavy atom. The van der Waals surface area contributed by atoms with Crippen LogP contribution in [0.3, 0.4) is 0 Å². The van der Waals surface area contributed by atoms with Gasteiger partial charge in [0.05, 0.1) is 7.11 Å². The SMILES string of the molecule is COc1ccc(-n2c(C)cc(/C=C(\C#N)C(=O)N3CCC(N4CCCC4)CC3)c2C)cc1. The summed E-state index contributed by atoms with van der Waals surface area (Å²) < 4.78 is 7.39. The van der Waals surface area contributed by atoms with E-state index in [0.29, 0.717) is 6.04 Å². The first-order chi connectivity index (χ1) is 15.5. The zero-order chi connectivity index (χ0) is 22.7. The zero-order valence-electron chi connectivity index (χ0n) is 19.3. The molecule has 2 aromatic rings. The average molecular weight is 433 g/mol. The standard InChI is InChI=1S/C26H32N4O2/c1-19-16-21(20(2)30(19)24-6-8-25(32-3)9-7-24)17-22(18-27)26(31)29-14-10-23(11-15-29)28-12-4-5-13-28/h6-9,16-17,23H,4-5,10-15H2,1-3H3/b22-17+. The first-order valence-corrected chi connectivity index (χ1v) is 11.5. The van der Waals surface area contributed by atoms with E-state index in [1.54, 1.807) is 13.2 Å². The highest BCUT2D eigenvalue weighted by Gasteiger charge is 2.29. The highest BCUT2D eigenvalue weighted by Crippen LogP contribution is 2.26. The monoisotopic (exact) mass is 432 g/mol. The van der Waals surface area contributed by atoms with E-state index in [4.69, 9.17) is 4.74 Å². The molecule has 3 heterocycles. The van der Waals surface area contributed by atoms with Gasteiger partial charge in [0.1, 0.15) is 17.4 Å². The number of aryl methyl sites for hydroxylation is 1. The van der Waals surface area contributed by atoms with Crippen LogP contribution in [0.15, 0.2) is 35.9 Å². The second-order valence-corrected chi connectivity index (χ2v) is 8.80. The van der Waals surface area contributed by atoms with Gasteiger partial charge in [-0.3, -0.25) is 4.79 Å². The molecule has 2 fully saturated rings. The highest BCUT2D eigenvalue weighted by molar-refractivity contribution is 6.01. The third kappa shape index (κ3) is 4.44. The molecule has 2 aliphatic rings. The fraction of sp³-hybridized carbons (Fsp3) is 0.462. The lowest BCUT2D eigenvalue weighted by molar-refractivity contribution is -0.128. The van der Waals surface area contributed by atoms with Crippen molar-refractivity contribution in [1.29, 1.82) is 5.26 Å². The molecule has 4 rings (SSSR count). The first-order valence-electron chi connectivity index (χ1n) is 11.5. The largest absolute Gasteiger partial charge is 0.497 e. The van der Waals surface area contributed by atoms with Gasteiger partial charge in [-0.05, 0) is 94.6 Å². The number of hydrogen-bond acceptors (Lipinski definition) is 4. The fourth-order valence-corrected chi connectivity index (χ4v) is 5.07. The van der Waals surface area contributed by atoms with Crippen LogP contribution in [0.1, 0.15) is 42.6 Å². The van der Waals surface area contributed by atoms with Gasteiger partial charge in [-0.15, -0.1) is 0 Å². The maximum absolute atomic E-state index is 13.1. The van der Waals surface area contributed by atoms with Gasteiger partial charge in [-0.25, -0.2) is 0 Å². The Labute approximate surface area is 190 Å². The lowest BCUT2D eigenvalue weighted by Gasteiger charge is -2.36. The number of methoxy groups -OCH3 is 1. The maximum atomic E-state index is 13.1.